The van der Waals surface area contributed by atoms with Crippen molar-refractivity contribution in [2.45, 2.75) is 37.7 Å². The Bertz CT molecular complexity index is 1010. The molecule has 2 atom stereocenters. The third kappa shape index (κ3) is 5.60. The number of rotatable bonds is 3. The number of thioether (sulfide) groups is 1. The second kappa shape index (κ2) is 8.57. The van der Waals surface area contributed by atoms with Crippen LogP contribution in [0.25, 0.3) is 0 Å². The molecule has 0 unspecified atom stereocenters. The van der Waals surface area contributed by atoms with Crippen LogP contribution in [0.5, 0.6) is 0 Å². The molecule has 12 heteroatoms. The summed E-state index contributed by atoms with van der Waals surface area (Å²) in [4.78, 5) is 29.9. The number of alkyl carbamates (subject to hydrolysis) is 1. The highest BCUT2D eigenvalue weighted by molar-refractivity contribution is 8.16. The van der Waals surface area contributed by atoms with E-state index in [0.717, 1.165) is 0 Å². The molecule has 0 radical (unpaired) electrons. The lowest BCUT2D eigenvalue weighted by molar-refractivity contribution is -0.117. The van der Waals surface area contributed by atoms with E-state index in [-0.39, 0.29) is 29.3 Å². The largest absolute Gasteiger partial charge is 0.444 e. The number of anilines is 1. The molecular weight excluding hydrogens is 473 g/mol. The summed E-state index contributed by atoms with van der Waals surface area (Å²) in [5.41, 5.74) is -0.0957. The Morgan fingerprint density at radius 2 is 1.97 bits per heavy atom. The quantitative estimate of drug-likeness (QED) is 0.689. The summed E-state index contributed by atoms with van der Waals surface area (Å²) in [5, 5.41) is 3.14. The van der Waals surface area contributed by atoms with Crippen LogP contribution in [0.3, 0.4) is 0 Å². The van der Waals surface area contributed by atoms with E-state index in [1.165, 1.54) is 11.8 Å². The van der Waals surface area contributed by atoms with Gasteiger partial charge in [0.15, 0.2) is 15.0 Å². The second-order valence-corrected chi connectivity index (χ2v) is 12.1. The van der Waals surface area contributed by atoms with E-state index in [1.54, 1.807) is 43.9 Å². The molecule has 1 aromatic rings. The average Bonchev–Trinajstić information content (AvgIpc) is 3.05. The van der Waals surface area contributed by atoms with Crippen molar-refractivity contribution in [1.82, 2.24) is 5.32 Å². The zero-order valence-corrected chi connectivity index (χ0v) is 19.7. The molecule has 1 N–H and O–H groups in total. The minimum atomic E-state index is -3.19. The Labute approximate surface area is 189 Å². The number of sulfone groups is 1. The number of carbonyl (C=O) groups excluding carboxylic acids is 2. The molecule has 2 aliphatic rings. The zero-order valence-electron chi connectivity index (χ0n) is 16.5. The molecule has 0 aliphatic carbocycles. The van der Waals surface area contributed by atoms with Gasteiger partial charge in [0, 0.05) is 10.9 Å². The van der Waals surface area contributed by atoms with Crippen LogP contribution in [0, 0.1) is 0 Å². The van der Waals surface area contributed by atoms with Crippen molar-refractivity contribution in [3.8, 4) is 0 Å². The van der Waals surface area contributed by atoms with Crippen LogP contribution in [0.4, 0.5) is 10.5 Å². The van der Waals surface area contributed by atoms with Gasteiger partial charge in [0.2, 0.25) is 0 Å². The van der Waals surface area contributed by atoms with Crippen molar-refractivity contribution < 1.29 is 22.7 Å². The lowest BCUT2D eigenvalue weighted by Gasteiger charge is -2.24. The molecule has 2 aliphatic heterocycles. The topological polar surface area (TPSA) is 105 Å². The number of aliphatic imine (C=N–C) groups is 1. The SMILES string of the molecule is CC(C)(C)OC(=O)NCC(=O)N=C1S[C@H]2CS(=O)(=O)C[C@@H]2N1c1ccc(Cl)c(Cl)c1. The van der Waals surface area contributed by atoms with Crippen molar-refractivity contribution >= 4 is 67.7 Å². The van der Waals surface area contributed by atoms with Gasteiger partial charge in [0.05, 0.1) is 27.6 Å². The molecular formula is C18H21Cl2N3O5S2. The molecule has 2 fully saturated rings. The molecule has 1 aromatic carbocycles. The molecule has 3 rings (SSSR count). The smallest absolute Gasteiger partial charge is 0.408 e. The number of carbonyl (C=O) groups is 2. The first-order valence-corrected chi connectivity index (χ1v) is 12.5. The Kier molecular flexibility index (Phi) is 6.62. The normalized spacial score (nSPS) is 24.0. The number of halogens is 2. The van der Waals surface area contributed by atoms with Crippen molar-refractivity contribution in [3.05, 3.63) is 28.2 Å². The lowest BCUT2D eigenvalue weighted by atomic mass is 10.2. The highest BCUT2D eigenvalue weighted by Gasteiger charge is 2.49. The molecule has 164 valence electrons. The van der Waals surface area contributed by atoms with Crippen LogP contribution in [0.15, 0.2) is 23.2 Å². The van der Waals surface area contributed by atoms with Gasteiger partial charge in [-0.1, -0.05) is 35.0 Å². The number of nitrogens with one attached hydrogen (secondary N) is 1. The van der Waals surface area contributed by atoms with Crippen molar-refractivity contribution in [2.75, 3.05) is 23.0 Å². The van der Waals surface area contributed by atoms with Gasteiger partial charge in [-0.05, 0) is 39.0 Å². The van der Waals surface area contributed by atoms with Gasteiger partial charge >= 0.3 is 6.09 Å². The Hall–Kier alpha value is -1.49. The predicted octanol–water partition coefficient (Wildman–Crippen LogP) is 3.12. The Morgan fingerprint density at radius 1 is 1.27 bits per heavy atom. The first kappa shape index (κ1) is 23.2. The van der Waals surface area contributed by atoms with E-state index in [2.05, 4.69) is 10.3 Å². The summed E-state index contributed by atoms with van der Waals surface area (Å²) >= 11 is 13.3. The van der Waals surface area contributed by atoms with E-state index < -0.39 is 27.4 Å². The third-order valence-corrected chi connectivity index (χ3v) is 8.20. The summed E-state index contributed by atoms with van der Waals surface area (Å²) in [6, 6.07) is 4.53. The monoisotopic (exact) mass is 493 g/mol. The third-order valence-electron chi connectivity index (χ3n) is 4.25. The van der Waals surface area contributed by atoms with E-state index in [0.29, 0.717) is 20.9 Å². The number of fused-ring (bicyclic) bond motifs is 1. The Balaban J connectivity index is 1.80. The van der Waals surface area contributed by atoms with E-state index in [1.807, 2.05) is 0 Å². The average molecular weight is 494 g/mol. The fourth-order valence-corrected chi connectivity index (χ4v) is 7.33. The lowest BCUT2D eigenvalue weighted by Crippen LogP contribution is -2.38. The molecule has 2 amide bonds. The summed E-state index contributed by atoms with van der Waals surface area (Å²) in [6.07, 6.45) is -0.723. The van der Waals surface area contributed by atoms with Gasteiger partial charge in [0.25, 0.3) is 5.91 Å². The molecule has 0 saturated carbocycles. The number of hydrogen-bond acceptors (Lipinski definition) is 6. The molecule has 30 heavy (non-hydrogen) atoms. The maximum absolute atomic E-state index is 12.4. The summed E-state index contributed by atoms with van der Waals surface area (Å²) < 4.78 is 29.3. The van der Waals surface area contributed by atoms with E-state index in [9.17, 15) is 18.0 Å². The van der Waals surface area contributed by atoms with Crippen LogP contribution < -0.4 is 10.2 Å². The standard InChI is InChI=1S/C18H21Cl2N3O5S2/c1-18(2,3)28-17(25)21-7-15(24)22-16-23(10-4-5-11(19)12(20)6-10)13-8-30(26,27)9-14(13)29-16/h4-6,13-14H,7-9H2,1-3H3,(H,21,25)/t13-,14-/m0/s1. The molecule has 8 nitrogen and oxygen atoms in total. The second-order valence-electron chi connectivity index (χ2n) is 7.91. The van der Waals surface area contributed by atoms with Crippen LogP contribution in [0.1, 0.15) is 20.8 Å². The van der Waals surface area contributed by atoms with Gasteiger partial charge in [-0.2, -0.15) is 4.99 Å². The van der Waals surface area contributed by atoms with E-state index in [4.69, 9.17) is 27.9 Å². The van der Waals surface area contributed by atoms with Gasteiger partial charge in [-0.25, -0.2) is 13.2 Å². The summed E-state index contributed by atoms with van der Waals surface area (Å²) in [6.45, 7) is 4.80. The van der Waals surface area contributed by atoms with Crippen LogP contribution >= 0.6 is 35.0 Å². The van der Waals surface area contributed by atoms with Gasteiger partial charge in [0.1, 0.15) is 12.1 Å². The number of ether oxygens (including phenoxy) is 1. The summed E-state index contributed by atoms with van der Waals surface area (Å²) in [7, 11) is -3.19. The number of amidine groups is 1. The maximum Gasteiger partial charge on any atom is 0.408 e. The highest BCUT2D eigenvalue weighted by Crippen LogP contribution is 2.42. The zero-order chi connectivity index (χ0) is 22.3. The highest BCUT2D eigenvalue weighted by atomic mass is 35.5. The first-order valence-electron chi connectivity index (χ1n) is 9.04. The predicted molar refractivity (Wildman–Crippen MR) is 119 cm³/mol. The van der Waals surface area contributed by atoms with Gasteiger partial charge in [-0.15, -0.1) is 0 Å². The minimum absolute atomic E-state index is 0.00350. The van der Waals surface area contributed by atoms with Gasteiger partial charge < -0.3 is 15.0 Å². The molecule has 0 bridgehead atoms. The minimum Gasteiger partial charge on any atom is -0.444 e. The maximum atomic E-state index is 12.4. The molecule has 2 heterocycles. The van der Waals surface area contributed by atoms with Crippen LogP contribution in [-0.4, -0.2) is 60.5 Å². The number of benzene rings is 1. The van der Waals surface area contributed by atoms with Crippen molar-refractivity contribution in [2.24, 2.45) is 4.99 Å². The van der Waals surface area contributed by atoms with Crippen LogP contribution in [0.2, 0.25) is 10.0 Å². The Morgan fingerprint density at radius 3 is 2.60 bits per heavy atom. The van der Waals surface area contributed by atoms with Crippen molar-refractivity contribution in [1.29, 1.82) is 0 Å². The molecule has 0 spiro atoms. The summed E-state index contributed by atoms with van der Waals surface area (Å²) in [5.74, 6) is -0.631. The number of nitrogens with zero attached hydrogens (tertiary/aromatic N) is 2. The van der Waals surface area contributed by atoms with Crippen LogP contribution in [-0.2, 0) is 19.4 Å². The molecule has 2 saturated heterocycles. The van der Waals surface area contributed by atoms with Crippen molar-refractivity contribution in [3.63, 3.8) is 0 Å². The fraction of sp³-hybridized carbons (Fsp3) is 0.500. The number of hydrogen-bond donors (Lipinski definition) is 1. The first-order chi connectivity index (χ1) is 13.8. The fourth-order valence-electron chi connectivity index (χ4n) is 3.11. The van der Waals surface area contributed by atoms with Gasteiger partial charge in [-0.3, -0.25) is 4.79 Å². The number of amides is 2. The van der Waals surface area contributed by atoms with E-state index >= 15 is 0 Å². The molecule has 0 aromatic heterocycles.